The topological polar surface area (TPSA) is 55.6 Å². The maximum atomic E-state index is 12.5. The van der Waals surface area contributed by atoms with Crippen molar-refractivity contribution in [3.05, 3.63) is 29.8 Å². The Kier molecular flexibility index (Phi) is 5.52. The third-order valence-corrected chi connectivity index (χ3v) is 5.43. The second-order valence-electron chi connectivity index (χ2n) is 6.80. The predicted octanol–water partition coefficient (Wildman–Crippen LogP) is 2.90. The van der Waals surface area contributed by atoms with Crippen LogP contribution in [0.1, 0.15) is 32.8 Å². The Labute approximate surface area is 139 Å². The van der Waals surface area contributed by atoms with Crippen LogP contribution in [0.5, 0.6) is 0 Å². The predicted molar refractivity (Wildman–Crippen MR) is 92.2 cm³/mol. The number of amides is 1. The van der Waals surface area contributed by atoms with Gasteiger partial charge < -0.3 is 15.4 Å². The van der Waals surface area contributed by atoms with Gasteiger partial charge in [-0.2, -0.15) is 0 Å². The van der Waals surface area contributed by atoms with E-state index >= 15 is 0 Å². The minimum Gasteiger partial charge on any atom is -0.399 e. The average Bonchev–Trinajstić information content (AvgIpc) is 2.45. The molecule has 2 atom stereocenters. The van der Waals surface area contributed by atoms with E-state index in [4.69, 9.17) is 10.5 Å². The van der Waals surface area contributed by atoms with Gasteiger partial charge in [0.1, 0.15) is 0 Å². The Morgan fingerprint density at radius 3 is 2.32 bits per heavy atom. The lowest BCUT2D eigenvalue weighted by Crippen LogP contribution is -2.68. The summed E-state index contributed by atoms with van der Waals surface area (Å²) in [5.41, 5.74) is 7.17. The third-order valence-electron chi connectivity index (χ3n) is 5.43. The summed E-state index contributed by atoms with van der Waals surface area (Å²) in [4.78, 5) is 14.3. The summed E-state index contributed by atoms with van der Waals surface area (Å²) in [7, 11) is 3.63. The van der Waals surface area contributed by atoms with Gasteiger partial charge in [-0.3, -0.25) is 4.79 Å². The van der Waals surface area contributed by atoms with Crippen molar-refractivity contribution in [1.29, 1.82) is 0 Å². The van der Waals surface area contributed by atoms with Gasteiger partial charge in [-0.1, -0.05) is 26.0 Å². The second-order valence-corrected chi connectivity index (χ2v) is 6.80. The van der Waals surface area contributed by atoms with Crippen LogP contribution in [-0.4, -0.2) is 36.6 Å². The van der Waals surface area contributed by atoms with E-state index in [1.165, 1.54) is 0 Å². The molecule has 22 heavy (non-hydrogen) atoms. The molecule has 2 N–H and O–H groups in total. The summed E-state index contributed by atoms with van der Waals surface area (Å²) in [6.07, 6.45) is 1.29. The molecular weight excluding hydrogens is 300 g/mol. The van der Waals surface area contributed by atoms with Crippen molar-refractivity contribution in [3.63, 3.8) is 0 Å². The summed E-state index contributed by atoms with van der Waals surface area (Å²) in [5, 5.41) is 0. The summed E-state index contributed by atoms with van der Waals surface area (Å²) < 4.78 is 5.63. The number of anilines is 1. The molecule has 2 unspecified atom stereocenters. The van der Waals surface area contributed by atoms with Crippen molar-refractivity contribution in [2.45, 2.75) is 45.3 Å². The Hall–Kier alpha value is -1.26. The number of nitrogens with two attached hydrogens (primary N) is 1. The molecule has 1 amide bonds. The number of benzene rings is 1. The van der Waals surface area contributed by atoms with Crippen LogP contribution in [0, 0.1) is 5.41 Å². The summed E-state index contributed by atoms with van der Waals surface area (Å²) in [5.74, 6) is 0.135. The molecule has 0 saturated heterocycles. The van der Waals surface area contributed by atoms with E-state index < -0.39 is 0 Å². The van der Waals surface area contributed by atoms with Crippen molar-refractivity contribution in [2.75, 3.05) is 19.9 Å². The van der Waals surface area contributed by atoms with Crippen LogP contribution in [-0.2, 0) is 16.0 Å². The van der Waals surface area contributed by atoms with Crippen molar-refractivity contribution in [2.24, 2.45) is 5.41 Å². The van der Waals surface area contributed by atoms with E-state index in [2.05, 4.69) is 20.8 Å². The van der Waals surface area contributed by atoms with Crippen LogP contribution in [0.3, 0.4) is 0 Å². The van der Waals surface area contributed by atoms with Crippen LogP contribution < -0.4 is 5.73 Å². The minimum absolute atomic E-state index is 0. The van der Waals surface area contributed by atoms with Crippen molar-refractivity contribution >= 4 is 24.0 Å². The molecule has 5 heteroatoms. The normalized spacial score (nSPS) is 25.8. The largest absolute Gasteiger partial charge is 0.399 e. The van der Waals surface area contributed by atoms with Crippen LogP contribution in [0.15, 0.2) is 24.3 Å². The molecule has 1 aromatic rings. The van der Waals surface area contributed by atoms with E-state index in [1.807, 2.05) is 36.2 Å². The molecule has 0 spiro atoms. The highest BCUT2D eigenvalue weighted by atomic mass is 35.5. The van der Waals surface area contributed by atoms with Gasteiger partial charge in [-0.15, -0.1) is 12.4 Å². The first kappa shape index (κ1) is 18.8. The van der Waals surface area contributed by atoms with Crippen LogP contribution in [0.4, 0.5) is 5.69 Å². The van der Waals surface area contributed by atoms with Crippen LogP contribution in [0.2, 0.25) is 0 Å². The second kappa shape index (κ2) is 6.47. The molecule has 0 heterocycles. The zero-order valence-electron chi connectivity index (χ0n) is 14.1. The molecule has 1 fully saturated rings. The molecule has 124 valence electrons. The zero-order chi connectivity index (χ0) is 15.8. The van der Waals surface area contributed by atoms with E-state index in [1.54, 1.807) is 7.11 Å². The number of nitrogen functional groups attached to an aromatic ring is 1. The lowest BCUT2D eigenvalue weighted by atomic mass is 9.55. The molecule has 1 aliphatic rings. The molecule has 0 aromatic heterocycles. The number of hydrogen-bond acceptors (Lipinski definition) is 3. The van der Waals surface area contributed by atoms with Gasteiger partial charge in [0.25, 0.3) is 0 Å². The number of likely N-dealkylation sites (N-methyl/N-ethyl adjacent to an activating group) is 1. The SMILES string of the molecule is COC1(C)CC(N(C)C(=O)Cc2ccc(N)cc2)C1(C)C.Cl. The van der Waals surface area contributed by atoms with Gasteiger partial charge >= 0.3 is 0 Å². The monoisotopic (exact) mass is 326 g/mol. The highest BCUT2D eigenvalue weighted by Gasteiger charge is 2.59. The Balaban J connectivity index is 0.00000242. The number of rotatable bonds is 4. The van der Waals surface area contributed by atoms with Gasteiger partial charge in [-0.05, 0) is 31.0 Å². The maximum absolute atomic E-state index is 12.5. The van der Waals surface area contributed by atoms with Gasteiger partial charge in [0.05, 0.1) is 12.0 Å². The lowest BCUT2D eigenvalue weighted by molar-refractivity contribution is -0.207. The lowest BCUT2D eigenvalue weighted by Gasteiger charge is -2.61. The van der Waals surface area contributed by atoms with Crippen molar-refractivity contribution in [3.8, 4) is 0 Å². The molecule has 4 nitrogen and oxygen atoms in total. The molecule has 0 radical (unpaired) electrons. The molecule has 2 rings (SSSR count). The molecule has 0 bridgehead atoms. The fourth-order valence-corrected chi connectivity index (χ4v) is 3.18. The quantitative estimate of drug-likeness (QED) is 0.866. The van der Waals surface area contributed by atoms with Crippen LogP contribution >= 0.6 is 12.4 Å². The van der Waals surface area contributed by atoms with E-state index in [9.17, 15) is 4.79 Å². The molecular formula is C17H27ClN2O2. The fraction of sp³-hybridized carbons (Fsp3) is 0.588. The van der Waals surface area contributed by atoms with Crippen LogP contribution in [0.25, 0.3) is 0 Å². The van der Waals surface area contributed by atoms with E-state index in [0.717, 1.165) is 17.7 Å². The first-order valence-electron chi connectivity index (χ1n) is 7.36. The smallest absolute Gasteiger partial charge is 0.227 e. The third kappa shape index (κ3) is 3.08. The number of ether oxygens (including phenoxy) is 1. The van der Waals surface area contributed by atoms with E-state index in [0.29, 0.717) is 6.42 Å². The highest BCUT2D eigenvalue weighted by Crippen LogP contribution is 2.53. The molecule has 0 aliphatic heterocycles. The van der Waals surface area contributed by atoms with Crippen molar-refractivity contribution < 1.29 is 9.53 Å². The fourth-order valence-electron chi connectivity index (χ4n) is 3.18. The molecule has 1 aliphatic carbocycles. The minimum atomic E-state index is -0.159. The summed E-state index contributed by atoms with van der Waals surface area (Å²) in [6, 6.07) is 7.69. The van der Waals surface area contributed by atoms with Gasteiger partial charge in [0, 0.05) is 31.3 Å². The van der Waals surface area contributed by atoms with Crippen molar-refractivity contribution in [1.82, 2.24) is 4.90 Å². The molecule has 1 saturated carbocycles. The number of methoxy groups -OCH3 is 1. The summed E-state index contributed by atoms with van der Waals surface area (Å²) in [6.45, 7) is 6.44. The summed E-state index contributed by atoms with van der Waals surface area (Å²) >= 11 is 0. The number of hydrogen-bond donors (Lipinski definition) is 1. The average molecular weight is 327 g/mol. The first-order valence-corrected chi connectivity index (χ1v) is 7.36. The molecule has 1 aromatic carbocycles. The maximum Gasteiger partial charge on any atom is 0.227 e. The number of nitrogens with zero attached hydrogens (tertiary/aromatic N) is 1. The number of halogens is 1. The highest BCUT2D eigenvalue weighted by molar-refractivity contribution is 5.85. The Bertz CT molecular complexity index is 530. The van der Waals surface area contributed by atoms with Gasteiger partial charge in [0.2, 0.25) is 5.91 Å². The zero-order valence-corrected chi connectivity index (χ0v) is 14.9. The first-order chi connectivity index (χ1) is 9.71. The van der Waals surface area contributed by atoms with E-state index in [-0.39, 0.29) is 35.4 Å². The standard InChI is InChI=1S/C17H26N2O2.ClH/c1-16(2)14(11-17(16,3)21-5)19(4)15(20)10-12-6-8-13(18)9-7-12;/h6-9,14H,10-11,18H2,1-5H3;1H. The Morgan fingerprint density at radius 1 is 1.32 bits per heavy atom. The van der Waals surface area contributed by atoms with Gasteiger partial charge in [-0.25, -0.2) is 0 Å². The number of carbonyl (C=O) groups excluding carboxylic acids is 1. The van der Waals surface area contributed by atoms with Gasteiger partial charge in [0.15, 0.2) is 0 Å². The number of carbonyl (C=O) groups is 1. The Morgan fingerprint density at radius 2 is 1.86 bits per heavy atom.